The summed E-state index contributed by atoms with van der Waals surface area (Å²) in [6.07, 6.45) is 5.32. The Morgan fingerprint density at radius 3 is 2.50 bits per heavy atom. The highest BCUT2D eigenvalue weighted by Crippen LogP contribution is 2.46. The summed E-state index contributed by atoms with van der Waals surface area (Å²) in [5, 5.41) is 0. The van der Waals surface area contributed by atoms with Crippen molar-refractivity contribution >= 4 is 17.5 Å². The average Bonchev–Trinajstić information content (AvgIpc) is 2.71. The Morgan fingerprint density at radius 1 is 1.10 bits per heavy atom. The minimum Gasteiger partial charge on any atom is -0.326 e. The van der Waals surface area contributed by atoms with Gasteiger partial charge in [0.05, 0.1) is 11.1 Å². The fourth-order valence-corrected chi connectivity index (χ4v) is 3.56. The monoisotopic (exact) mass is 272 g/mol. The minimum absolute atomic E-state index is 0.0110. The van der Waals surface area contributed by atoms with Crippen LogP contribution in [-0.4, -0.2) is 11.8 Å². The lowest BCUT2D eigenvalue weighted by Crippen LogP contribution is -2.37. The predicted molar refractivity (Wildman–Crippen MR) is 77.0 cm³/mol. The van der Waals surface area contributed by atoms with Crippen molar-refractivity contribution in [2.45, 2.75) is 45.1 Å². The Kier molecular flexibility index (Phi) is 3.34. The summed E-state index contributed by atoms with van der Waals surface area (Å²) < 4.78 is 0. The Bertz CT molecular complexity index is 547. The van der Waals surface area contributed by atoms with Crippen LogP contribution in [0.25, 0.3) is 0 Å². The summed E-state index contributed by atoms with van der Waals surface area (Å²) in [5.74, 6) is -0.0825. The Hall–Kier alpha value is -1.68. The van der Waals surface area contributed by atoms with E-state index < -0.39 is 5.41 Å². The SMILES string of the molecule is NCc1ccccc1N1C(=O)CC2(CCCCC2)C1=O. The van der Waals surface area contributed by atoms with Gasteiger partial charge in [0.25, 0.3) is 0 Å². The zero-order valence-corrected chi connectivity index (χ0v) is 11.6. The second-order valence-electron chi connectivity index (χ2n) is 5.88. The topological polar surface area (TPSA) is 63.4 Å². The third-order valence-electron chi connectivity index (χ3n) is 4.66. The minimum atomic E-state index is -0.433. The summed E-state index contributed by atoms with van der Waals surface area (Å²) in [6, 6.07) is 7.43. The molecule has 1 heterocycles. The van der Waals surface area contributed by atoms with Gasteiger partial charge >= 0.3 is 0 Å². The zero-order valence-electron chi connectivity index (χ0n) is 11.6. The van der Waals surface area contributed by atoms with Gasteiger partial charge in [0.15, 0.2) is 0 Å². The molecule has 1 aliphatic heterocycles. The van der Waals surface area contributed by atoms with Gasteiger partial charge in [-0.3, -0.25) is 9.59 Å². The maximum Gasteiger partial charge on any atom is 0.240 e. The van der Waals surface area contributed by atoms with Gasteiger partial charge in [0.1, 0.15) is 0 Å². The van der Waals surface area contributed by atoms with Crippen molar-refractivity contribution in [3.8, 4) is 0 Å². The number of nitrogens with two attached hydrogens (primary N) is 1. The lowest BCUT2D eigenvalue weighted by atomic mass is 9.73. The van der Waals surface area contributed by atoms with E-state index >= 15 is 0 Å². The molecule has 1 aromatic carbocycles. The molecule has 4 nitrogen and oxygen atoms in total. The van der Waals surface area contributed by atoms with Crippen molar-refractivity contribution in [3.63, 3.8) is 0 Å². The number of hydrogen-bond donors (Lipinski definition) is 1. The van der Waals surface area contributed by atoms with Gasteiger partial charge in [-0.1, -0.05) is 37.5 Å². The number of carbonyl (C=O) groups is 2. The highest BCUT2D eigenvalue weighted by atomic mass is 16.2. The van der Waals surface area contributed by atoms with Crippen LogP contribution >= 0.6 is 0 Å². The predicted octanol–water partition coefficient (Wildman–Crippen LogP) is 2.36. The summed E-state index contributed by atoms with van der Waals surface area (Å²) in [6.45, 7) is 0.334. The fourth-order valence-electron chi connectivity index (χ4n) is 3.56. The van der Waals surface area contributed by atoms with E-state index in [4.69, 9.17) is 5.73 Å². The van der Waals surface area contributed by atoms with E-state index in [0.29, 0.717) is 18.7 Å². The largest absolute Gasteiger partial charge is 0.326 e. The van der Waals surface area contributed by atoms with Crippen LogP contribution in [0.1, 0.15) is 44.1 Å². The number of hydrogen-bond acceptors (Lipinski definition) is 3. The Labute approximate surface area is 118 Å². The average molecular weight is 272 g/mol. The third kappa shape index (κ3) is 1.95. The normalized spacial score (nSPS) is 21.8. The van der Waals surface area contributed by atoms with Gasteiger partial charge in [-0.15, -0.1) is 0 Å². The molecule has 1 aliphatic carbocycles. The van der Waals surface area contributed by atoms with Crippen molar-refractivity contribution in [1.82, 2.24) is 0 Å². The summed E-state index contributed by atoms with van der Waals surface area (Å²) in [4.78, 5) is 26.6. The maximum atomic E-state index is 12.8. The van der Waals surface area contributed by atoms with Crippen LogP contribution in [0.4, 0.5) is 5.69 Å². The molecule has 20 heavy (non-hydrogen) atoms. The third-order valence-corrected chi connectivity index (χ3v) is 4.66. The highest BCUT2D eigenvalue weighted by Gasteiger charge is 2.52. The van der Waals surface area contributed by atoms with Crippen molar-refractivity contribution in [1.29, 1.82) is 0 Å². The number of nitrogens with zero attached hydrogens (tertiary/aromatic N) is 1. The van der Waals surface area contributed by atoms with Crippen LogP contribution in [-0.2, 0) is 16.1 Å². The molecule has 1 aromatic rings. The van der Waals surface area contributed by atoms with Crippen molar-refractivity contribution < 1.29 is 9.59 Å². The van der Waals surface area contributed by atoms with Crippen molar-refractivity contribution in [2.24, 2.45) is 11.1 Å². The van der Waals surface area contributed by atoms with Gasteiger partial charge < -0.3 is 5.73 Å². The van der Waals surface area contributed by atoms with E-state index in [2.05, 4.69) is 0 Å². The van der Waals surface area contributed by atoms with Gasteiger partial charge in [-0.05, 0) is 24.5 Å². The molecule has 1 spiro atoms. The summed E-state index contributed by atoms with van der Waals surface area (Å²) in [5.41, 5.74) is 6.82. The van der Waals surface area contributed by atoms with E-state index in [1.165, 1.54) is 11.3 Å². The van der Waals surface area contributed by atoms with Crippen LogP contribution in [0.2, 0.25) is 0 Å². The molecular weight excluding hydrogens is 252 g/mol. The lowest BCUT2D eigenvalue weighted by Gasteiger charge is -2.30. The second-order valence-corrected chi connectivity index (χ2v) is 5.88. The highest BCUT2D eigenvalue weighted by molar-refractivity contribution is 6.22. The molecular formula is C16H20N2O2. The quantitative estimate of drug-likeness (QED) is 0.841. The van der Waals surface area contributed by atoms with E-state index in [9.17, 15) is 9.59 Å². The zero-order chi connectivity index (χ0) is 14.2. The number of anilines is 1. The van der Waals surface area contributed by atoms with Gasteiger partial charge in [-0.25, -0.2) is 4.90 Å². The molecule has 0 bridgehead atoms. The first-order valence-electron chi connectivity index (χ1n) is 7.33. The smallest absolute Gasteiger partial charge is 0.240 e. The molecule has 2 N–H and O–H groups in total. The molecule has 2 fully saturated rings. The first-order valence-corrected chi connectivity index (χ1v) is 7.33. The number of para-hydroxylation sites is 1. The van der Waals surface area contributed by atoms with E-state index in [1.807, 2.05) is 24.3 Å². The molecule has 0 unspecified atom stereocenters. The van der Waals surface area contributed by atoms with Gasteiger partial charge in [0, 0.05) is 13.0 Å². The summed E-state index contributed by atoms with van der Waals surface area (Å²) >= 11 is 0. The van der Waals surface area contributed by atoms with Crippen molar-refractivity contribution in [3.05, 3.63) is 29.8 Å². The van der Waals surface area contributed by atoms with Gasteiger partial charge in [0.2, 0.25) is 11.8 Å². The number of imide groups is 1. The number of rotatable bonds is 2. The molecule has 1 saturated heterocycles. The number of amides is 2. The van der Waals surface area contributed by atoms with Crippen molar-refractivity contribution in [2.75, 3.05) is 4.90 Å². The molecule has 4 heteroatoms. The number of carbonyl (C=O) groups excluding carboxylic acids is 2. The maximum absolute atomic E-state index is 12.8. The molecule has 0 atom stereocenters. The van der Waals surface area contributed by atoms with Crippen LogP contribution in [0.3, 0.4) is 0 Å². The van der Waals surface area contributed by atoms with Crippen LogP contribution in [0.5, 0.6) is 0 Å². The Balaban J connectivity index is 1.98. The summed E-state index contributed by atoms with van der Waals surface area (Å²) in [7, 11) is 0. The lowest BCUT2D eigenvalue weighted by molar-refractivity contribution is -0.127. The van der Waals surface area contributed by atoms with Crippen LogP contribution in [0, 0.1) is 5.41 Å². The molecule has 1 saturated carbocycles. The molecule has 106 valence electrons. The first-order chi connectivity index (χ1) is 9.68. The van der Waals surface area contributed by atoms with Gasteiger partial charge in [-0.2, -0.15) is 0 Å². The number of benzene rings is 1. The Morgan fingerprint density at radius 2 is 1.80 bits per heavy atom. The van der Waals surface area contributed by atoms with E-state index in [-0.39, 0.29) is 11.8 Å². The molecule has 2 aliphatic rings. The first kappa shape index (κ1) is 13.3. The molecule has 0 radical (unpaired) electrons. The molecule has 2 amide bonds. The van der Waals surface area contributed by atoms with E-state index in [1.54, 1.807) is 0 Å². The molecule has 0 aromatic heterocycles. The molecule has 3 rings (SSSR count). The standard InChI is InChI=1S/C16H20N2O2/c17-11-12-6-2-3-7-13(12)18-14(19)10-16(15(18)20)8-4-1-5-9-16/h2-3,6-7H,1,4-5,8-11,17H2. The fraction of sp³-hybridized carbons (Fsp3) is 0.500. The van der Waals surface area contributed by atoms with Crippen LogP contribution in [0.15, 0.2) is 24.3 Å². The van der Waals surface area contributed by atoms with Crippen LogP contribution < -0.4 is 10.6 Å². The van der Waals surface area contributed by atoms with E-state index in [0.717, 1.165) is 31.2 Å². The second kappa shape index (κ2) is 5.02.